The SMILES string of the molecule is COc1ccccc1-c1nc2c([nH]1)[C@H](c1ccccc1)[C@H](Cc1ccccc1)C(=O)O2. The molecule has 3 aromatic carbocycles. The summed E-state index contributed by atoms with van der Waals surface area (Å²) in [6.07, 6.45) is 0.585. The molecule has 0 spiro atoms. The lowest BCUT2D eigenvalue weighted by Gasteiger charge is -2.29. The number of fused-ring (bicyclic) bond motifs is 1. The monoisotopic (exact) mass is 410 g/mol. The number of imidazole rings is 1. The Labute approximate surface area is 180 Å². The number of para-hydroxylation sites is 1. The topological polar surface area (TPSA) is 64.2 Å². The van der Waals surface area contributed by atoms with Crippen LogP contribution >= 0.6 is 0 Å². The number of rotatable bonds is 5. The van der Waals surface area contributed by atoms with Crippen LogP contribution in [-0.4, -0.2) is 23.0 Å². The second-order valence-corrected chi connectivity index (χ2v) is 7.61. The minimum atomic E-state index is -0.358. The van der Waals surface area contributed by atoms with Crippen molar-refractivity contribution in [3.63, 3.8) is 0 Å². The summed E-state index contributed by atoms with van der Waals surface area (Å²) in [6, 6.07) is 27.8. The highest BCUT2D eigenvalue weighted by Crippen LogP contribution is 2.43. The van der Waals surface area contributed by atoms with Crippen molar-refractivity contribution >= 4 is 5.97 Å². The van der Waals surface area contributed by atoms with Gasteiger partial charge in [-0.1, -0.05) is 72.8 Å². The number of carbonyl (C=O) groups is 1. The van der Waals surface area contributed by atoms with Gasteiger partial charge in [-0.3, -0.25) is 4.79 Å². The molecule has 0 saturated heterocycles. The Morgan fingerprint density at radius 2 is 1.61 bits per heavy atom. The van der Waals surface area contributed by atoms with Gasteiger partial charge in [0.15, 0.2) is 0 Å². The molecule has 31 heavy (non-hydrogen) atoms. The molecule has 4 aromatic rings. The van der Waals surface area contributed by atoms with Crippen molar-refractivity contribution in [2.75, 3.05) is 7.11 Å². The van der Waals surface area contributed by atoms with Crippen LogP contribution in [0.15, 0.2) is 84.9 Å². The number of carbonyl (C=O) groups excluding carboxylic acids is 1. The molecule has 5 rings (SSSR count). The number of hydrogen-bond acceptors (Lipinski definition) is 4. The zero-order valence-corrected chi connectivity index (χ0v) is 17.1. The van der Waals surface area contributed by atoms with E-state index in [4.69, 9.17) is 9.47 Å². The van der Waals surface area contributed by atoms with Crippen LogP contribution in [0.4, 0.5) is 0 Å². The first-order valence-corrected chi connectivity index (χ1v) is 10.3. The Balaban J connectivity index is 1.62. The Hall–Kier alpha value is -3.86. The van der Waals surface area contributed by atoms with Gasteiger partial charge in [-0.25, -0.2) is 0 Å². The number of hydrogen-bond donors (Lipinski definition) is 1. The molecule has 154 valence electrons. The van der Waals surface area contributed by atoms with E-state index in [-0.39, 0.29) is 17.8 Å². The number of aromatic nitrogens is 2. The second-order valence-electron chi connectivity index (χ2n) is 7.61. The number of esters is 1. The van der Waals surface area contributed by atoms with Crippen LogP contribution in [0.1, 0.15) is 22.7 Å². The summed E-state index contributed by atoms with van der Waals surface area (Å²) in [5, 5.41) is 0. The largest absolute Gasteiger partial charge is 0.496 e. The van der Waals surface area contributed by atoms with E-state index in [1.807, 2.05) is 72.8 Å². The highest BCUT2D eigenvalue weighted by atomic mass is 16.5. The van der Waals surface area contributed by atoms with Gasteiger partial charge in [-0.05, 0) is 29.7 Å². The van der Waals surface area contributed by atoms with Gasteiger partial charge in [-0.2, -0.15) is 4.98 Å². The minimum Gasteiger partial charge on any atom is -0.496 e. The van der Waals surface area contributed by atoms with Crippen molar-refractivity contribution in [3.8, 4) is 23.0 Å². The van der Waals surface area contributed by atoms with E-state index in [0.717, 1.165) is 22.4 Å². The molecule has 0 bridgehead atoms. The molecule has 0 amide bonds. The second kappa shape index (κ2) is 8.11. The number of methoxy groups -OCH3 is 1. The lowest BCUT2D eigenvalue weighted by atomic mass is 9.79. The number of nitrogens with zero attached hydrogens (tertiary/aromatic N) is 1. The molecule has 0 unspecified atom stereocenters. The number of nitrogens with one attached hydrogen (secondary N) is 1. The van der Waals surface area contributed by atoms with Gasteiger partial charge in [0.05, 0.1) is 24.3 Å². The standard InChI is InChI=1S/C26H22N2O3/c1-30-21-15-9-8-14-19(21)24-27-23-22(18-12-6-3-7-13-18)20(26(29)31-25(23)28-24)16-17-10-4-2-5-11-17/h2-15,20,22H,16H2,1H3,(H,27,28)/t20-,22+/m0/s1. The van der Waals surface area contributed by atoms with Crippen molar-refractivity contribution in [3.05, 3.63) is 102 Å². The van der Waals surface area contributed by atoms with E-state index >= 15 is 0 Å². The van der Waals surface area contributed by atoms with Gasteiger partial charge in [0, 0.05) is 5.92 Å². The Morgan fingerprint density at radius 3 is 2.35 bits per heavy atom. The Morgan fingerprint density at radius 1 is 0.935 bits per heavy atom. The summed E-state index contributed by atoms with van der Waals surface area (Å²) < 4.78 is 11.2. The first-order valence-electron chi connectivity index (χ1n) is 10.3. The highest BCUT2D eigenvalue weighted by Gasteiger charge is 2.41. The molecule has 5 nitrogen and oxygen atoms in total. The molecule has 1 aliphatic heterocycles. The third kappa shape index (κ3) is 3.59. The maximum atomic E-state index is 13.1. The summed E-state index contributed by atoms with van der Waals surface area (Å²) in [6.45, 7) is 0. The molecule has 0 radical (unpaired) electrons. The van der Waals surface area contributed by atoms with Crippen LogP contribution in [0, 0.1) is 5.92 Å². The van der Waals surface area contributed by atoms with E-state index in [0.29, 0.717) is 23.9 Å². The lowest BCUT2D eigenvalue weighted by molar-refractivity contribution is -0.141. The quantitative estimate of drug-likeness (QED) is 0.471. The van der Waals surface area contributed by atoms with Gasteiger partial charge in [0.25, 0.3) is 0 Å². The fourth-order valence-electron chi connectivity index (χ4n) is 4.26. The van der Waals surface area contributed by atoms with Crippen molar-refractivity contribution in [2.24, 2.45) is 5.92 Å². The molecule has 2 heterocycles. The van der Waals surface area contributed by atoms with Gasteiger partial charge < -0.3 is 14.5 Å². The molecular weight excluding hydrogens is 388 g/mol. The zero-order chi connectivity index (χ0) is 21.2. The predicted molar refractivity (Wildman–Crippen MR) is 118 cm³/mol. The summed E-state index contributed by atoms with van der Waals surface area (Å²) in [5.41, 5.74) is 3.78. The molecule has 0 saturated carbocycles. The van der Waals surface area contributed by atoms with E-state index < -0.39 is 0 Å². The summed E-state index contributed by atoms with van der Waals surface area (Å²) in [5.74, 6) is 0.859. The average molecular weight is 410 g/mol. The van der Waals surface area contributed by atoms with Crippen molar-refractivity contribution < 1.29 is 14.3 Å². The van der Waals surface area contributed by atoms with E-state index in [9.17, 15) is 4.79 Å². The Kier molecular flexibility index (Phi) is 5.00. The van der Waals surface area contributed by atoms with Crippen LogP contribution in [0.2, 0.25) is 0 Å². The summed E-state index contributed by atoms with van der Waals surface area (Å²) >= 11 is 0. The van der Waals surface area contributed by atoms with Crippen LogP contribution < -0.4 is 9.47 Å². The molecule has 1 aliphatic rings. The first kappa shape index (κ1) is 19.1. The molecular formula is C26H22N2O3. The van der Waals surface area contributed by atoms with Crippen LogP contribution in [0.5, 0.6) is 11.6 Å². The number of H-pyrrole nitrogens is 1. The van der Waals surface area contributed by atoms with E-state index in [1.54, 1.807) is 7.11 Å². The summed E-state index contributed by atoms with van der Waals surface area (Å²) in [7, 11) is 1.63. The fraction of sp³-hybridized carbons (Fsp3) is 0.154. The van der Waals surface area contributed by atoms with Crippen molar-refractivity contribution in [1.29, 1.82) is 0 Å². The summed E-state index contributed by atoms with van der Waals surface area (Å²) in [4.78, 5) is 21.2. The smallest absolute Gasteiger partial charge is 0.317 e. The maximum absolute atomic E-state index is 13.1. The molecule has 1 N–H and O–H groups in total. The average Bonchev–Trinajstić information content (AvgIpc) is 3.24. The molecule has 1 aromatic heterocycles. The normalized spacial score (nSPS) is 17.6. The van der Waals surface area contributed by atoms with Crippen LogP contribution in [0.25, 0.3) is 11.4 Å². The van der Waals surface area contributed by atoms with Crippen LogP contribution in [0.3, 0.4) is 0 Å². The van der Waals surface area contributed by atoms with Crippen molar-refractivity contribution in [1.82, 2.24) is 9.97 Å². The molecule has 5 heteroatoms. The number of ether oxygens (including phenoxy) is 2. The van der Waals surface area contributed by atoms with Gasteiger partial charge in [0.2, 0.25) is 5.88 Å². The molecule has 0 fully saturated rings. The Bertz CT molecular complexity index is 1200. The van der Waals surface area contributed by atoms with Crippen molar-refractivity contribution in [2.45, 2.75) is 12.3 Å². The van der Waals surface area contributed by atoms with Crippen LogP contribution in [-0.2, 0) is 11.2 Å². The molecule has 0 aliphatic carbocycles. The number of benzene rings is 3. The van der Waals surface area contributed by atoms with Gasteiger partial charge in [0.1, 0.15) is 11.6 Å². The number of aromatic amines is 1. The van der Waals surface area contributed by atoms with E-state index in [2.05, 4.69) is 22.1 Å². The van der Waals surface area contributed by atoms with Gasteiger partial charge >= 0.3 is 5.97 Å². The first-order chi connectivity index (χ1) is 15.2. The zero-order valence-electron chi connectivity index (χ0n) is 17.1. The third-order valence-corrected chi connectivity index (χ3v) is 5.73. The molecule has 2 atom stereocenters. The maximum Gasteiger partial charge on any atom is 0.317 e. The fourth-order valence-corrected chi connectivity index (χ4v) is 4.26. The highest BCUT2D eigenvalue weighted by molar-refractivity contribution is 5.80. The van der Waals surface area contributed by atoms with Gasteiger partial charge in [-0.15, -0.1) is 0 Å². The predicted octanol–water partition coefficient (Wildman–Crippen LogP) is 5.00. The third-order valence-electron chi connectivity index (χ3n) is 5.73. The lowest BCUT2D eigenvalue weighted by Crippen LogP contribution is -2.34. The minimum absolute atomic E-state index is 0.186. The van der Waals surface area contributed by atoms with E-state index in [1.165, 1.54) is 0 Å².